The van der Waals surface area contributed by atoms with Gasteiger partial charge in [-0.15, -0.1) is 22.7 Å². The van der Waals surface area contributed by atoms with Crippen molar-refractivity contribution in [2.75, 3.05) is 20.0 Å². The summed E-state index contributed by atoms with van der Waals surface area (Å²) in [5, 5.41) is 16.4. The Hall–Kier alpha value is -8.32. The predicted octanol–water partition coefficient (Wildman–Crippen LogP) is 20.8. The summed E-state index contributed by atoms with van der Waals surface area (Å²) < 4.78 is 2.38. The molecular formula is C97H85BrCl2K2N8O3S2. The number of aromatic nitrogens is 4. The van der Waals surface area contributed by atoms with Crippen LogP contribution in [0.4, 0.5) is 45.5 Å². The summed E-state index contributed by atoms with van der Waals surface area (Å²) in [6.07, 6.45) is 3.66. The second-order valence-corrected chi connectivity index (χ2v) is 32.3. The number of benzene rings is 12. The Kier molecular flexibility index (Phi) is 32.1. The monoisotopic (exact) mass is 1700 g/mol. The molecular weight excluding hydrogens is 1620 g/mol. The van der Waals surface area contributed by atoms with Crippen molar-refractivity contribution in [2.45, 2.75) is 77.3 Å². The number of rotatable bonds is 20. The summed E-state index contributed by atoms with van der Waals surface area (Å²) in [5.41, 5.74) is 23.1. The molecule has 0 amide bonds. The van der Waals surface area contributed by atoms with E-state index in [4.69, 9.17) is 43.2 Å². The zero-order valence-electron chi connectivity index (χ0n) is 66.5. The van der Waals surface area contributed by atoms with E-state index in [9.17, 15) is 0 Å². The molecule has 1 N–H and O–H groups in total. The van der Waals surface area contributed by atoms with Crippen molar-refractivity contribution in [3.05, 3.63) is 383 Å². The Morgan fingerprint density at radius 1 is 0.417 bits per heavy atom. The number of hydrogen-bond donors (Lipinski definition) is 1. The Morgan fingerprint density at radius 2 is 0.739 bits per heavy atom. The molecule has 0 radical (unpaired) electrons. The van der Waals surface area contributed by atoms with Crippen LogP contribution in [-0.2, 0) is 45.5 Å². The average molecular weight is 1700 g/mol. The molecule has 0 aliphatic rings. The van der Waals surface area contributed by atoms with Crippen LogP contribution in [0.1, 0.15) is 76.3 Å². The molecule has 0 saturated heterocycles. The van der Waals surface area contributed by atoms with Gasteiger partial charge in [0, 0.05) is 82.4 Å². The Balaban J connectivity index is 0.000000211. The summed E-state index contributed by atoms with van der Waals surface area (Å²) in [4.78, 5) is 37.1. The van der Waals surface area contributed by atoms with Crippen LogP contribution in [0, 0.1) is 0 Å². The van der Waals surface area contributed by atoms with E-state index in [0.29, 0.717) is 29.7 Å². The number of carbonyl (C=O) groups is 1. The minimum absolute atomic E-state index is 0. The molecule has 16 rings (SSSR count). The molecule has 4 heterocycles. The zero-order chi connectivity index (χ0) is 78.7. The first-order valence-corrected chi connectivity index (χ1v) is 40.6. The Morgan fingerprint density at radius 3 is 1.07 bits per heavy atom. The van der Waals surface area contributed by atoms with Crippen LogP contribution in [0.15, 0.2) is 340 Å². The Bertz CT molecular complexity index is 5680. The molecule has 115 heavy (non-hydrogen) atoms. The molecule has 16 aromatic rings. The largest absolute Gasteiger partial charge is 1.00 e. The van der Waals surface area contributed by atoms with Gasteiger partial charge in [-0.25, -0.2) is 9.97 Å². The first kappa shape index (κ1) is 87.5. The normalized spacial score (nSPS) is 10.9. The van der Waals surface area contributed by atoms with Gasteiger partial charge in [0.2, 0.25) is 0 Å². The smallest absolute Gasteiger partial charge is 1.00 e. The number of hydrogen-bond acceptors (Lipinski definition) is 13. The minimum atomic E-state index is -0.181. The molecule has 0 unspecified atom stereocenters. The standard InChI is InChI=1S/C48H41ClN4S.C41H35ClN4S.C7H7Br.CH2O3.2K.H/c1-48(2,3)38-30-43(52(32-34-14-6-4-7-15-34)39-25-21-36(22-26-39)41-18-12-13-29-50-41)46(49)44(31-38)53(33-35-16-8-5-9-17-35)40-27-23-37(24-28-40)47-51-42-19-10-11-20-45(42)54-47;1-41(2,3)31-25-36(44-32-20-16-30(17-21-32)40-45-35-14-7-8-15-38(35)47-40)39(42)37(26-31)46(27-28-11-5-4-6-12-28)33-22-18-29(19-23-33)34-13-9-10-24-43-34;8-6-7-4-2-1-3-5-7;2-1-4-3;;;/h4-31H,32-33H2,1-3H3;4-26,44H,27H2,1-3H3;1-5H,6H2;1,3H;;;/q;;;;2*+1;-1/p-1. The van der Waals surface area contributed by atoms with Crippen LogP contribution in [0.3, 0.4) is 0 Å². The summed E-state index contributed by atoms with van der Waals surface area (Å²) >= 11 is 21.9. The number of alkyl halides is 1. The van der Waals surface area contributed by atoms with E-state index in [2.05, 4.69) is 347 Å². The molecule has 566 valence electrons. The zero-order valence-corrected chi connectivity index (χ0v) is 76.5. The summed E-state index contributed by atoms with van der Waals surface area (Å²) in [6.45, 7) is 15.3. The molecule has 18 heteroatoms. The van der Waals surface area contributed by atoms with Gasteiger partial charge in [-0.2, -0.15) is 0 Å². The fourth-order valence-corrected chi connectivity index (χ4v) is 15.8. The fourth-order valence-electron chi connectivity index (χ4n) is 12.9. The number of thiazole rings is 2. The fraction of sp³-hybridized carbons (Fsp3) is 0.124. The van der Waals surface area contributed by atoms with E-state index in [1.807, 2.05) is 85.2 Å². The second kappa shape index (κ2) is 42.2. The van der Waals surface area contributed by atoms with E-state index in [0.717, 1.165) is 106 Å². The van der Waals surface area contributed by atoms with Gasteiger partial charge < -0.3 is 31.6 Å². The molecule has 0 fully saturated rings. The van der Waals surface area contributed by atoms with Gasteiger partial charge in [-0.3, -0.25) is 14.8 Å². The first-order chi connectivity index (χ1) is 55.0. The van der Waals surface area contributed by atoms with Gasteiger partial charge in [0.1, 0.15) is 10.0 Å². The van der Waals surface area contributed by atoms with E-state index >= 15 is 0 Å². The van der Waals surface area contributed by atoms with Crippen molar-refractivity contribution in [2.24, 2.45) is 0 Å². The number of nitrogens with one attached hydrogen (secondary N) is 1. The molecule has 0 aliphatic carbocycles. The van der Waals surface area contributed by atoms with Crippen LogP contribution in [0.5, 0.6) is 0 Å². The van der Waals surface area contributed by atoms with E-state index in [1.54, 1.807) is 22.7 Å². The molecule has 0 saturated carbocycles. The molecule has 4 aromatic heterocycles. The van der Waals surface area contributed by atoms with Gasteiger partial charge in [0.05, 0.1) is 64.6 Å². The van der Waals surface area contributed by atoms with Crippen LogP contribution in [0.2, 0.25) is 10.0 Å². The third-order valence-corrected chi connectivity index (χ3v) is 22.6. The van der Waals surface area contributed by atoms with Crippen molar-refractivity contribution in [1.29, 1.82) is 0 Å². The van der Waals surface area contributed by atoms with Crippen LogP contribution >= 0.6 is 61.8 Å². The van der Waals surface area contributed by atoms with Crippen molar-refractivity contribution in [1.82, 2.24) is 19.9 Å². The van der Waals surface area contributed by atoms with Gasteiger partial charge in [0.25, 0.3) is 6.47 Å². The third kappa shape index (κ3) is 23.3. The maximum absolute atomic E-state index is 8.64. The molecule has 0 aliphatic heterocycles. The maximum atomic E-state index is 8.64. The van der Waals surface area contributed by atoms with Crippen molar-refractivity contribution in [3.63, 3.8) is 0 Å². The van der Waals surface area contributed by atoms with E-state index in [1.165, 1.54) is 42.8 Å². The van der Waals surface area contributed by atoms with Gasteiger partial charge >= 0.3 is 103 Å². The SMILES string of the molecule is BrCc1ccccc1.CC(C)(C)c1cc(N(Cc2ccccc2)c2ccc(-c3ccccn3)cc2)c(Cl)c(N(Cc2ccccc2)c2ccc(-c3nc4ccccc4s3)cc2)c1.CC(C)(C)c1cc(Nc2ccc(-c3nc4ccccc4s3)cc2)c(Cl)c(N(Cc2ccccc2)c2ccc(-c3ccccn3)cc2)c1.O=CO[O-].[H-].[K+].[K+]. The molecule has 0 atom stereocenters. The summed E-state index contributed by atoms with van der Waals surface area (Å²) in [5.74, 6) is 0. The number of pyridine rings is 2. The van der Waals surface area contributed by atoms with Crippen LogP contribution in [0.25, 0.3) is 64.1 Å². The number of halogens is 3. The third-order valence-electron chi connectivity index (χ3n) is 19.0. The van der Waals surface area contributed by atoms with Gasteiger partial charge in [-0.05, 0) is 190 Å². The molecule has 0 spiro atoms. The number of anilines is 8. The van der Waals surface area contributed by atoms with Crippen molar-refractivity contribution < 1.29 is 119 Å². The minimum Gasteiger partial charge on any atom is -1.00 e. The Labute approximate surface area is 787 Å². The van der Waals surface area contributed by atoms with Gasteiger partial charge in [-0.1, -0.05) is 263 Å². The first-order valence-electron chi connectivity index (χ1n) is 37.1. The van der Waals surface area contributed by atoms with Crippen LogP contribution < -0.4 is 128 Å². The maximum Gasteiger partial charge on any atom is 1.00 e. The molecule has 12 aromatic carbocycles. The van der Waals surface area contributed by atoms with Crippen molar-refractivity contribution in [3.8, 4) is 43.7 Å². The topological polar surface area (TPSA) is 123 Å². The predicted molar refractivity (Wildman–Crippen MR) is 477 cm³/mol. The van der Waals surface area contributed by atoms with Crippen LogP contribution in [-0.4, -0.2) is 26.4 Å². The quantitative estimate of drug-likeness (QED) is 0.0258. The number of nitrogens with zero attached hydrogens (tertiary/aromatic N) is 7. The average Bonchev–Trinajstić information content (AvgIpc) is 1.28. The molecule has 11 nitrogen and oxygen atoms in total. The van der Waals surface area contributed by atoms with Crippen molar-refractivity contribution >= 4 is 134 Å². The number of carbonyl (C=O) groups excluding carboxylic acids is 1. The number of fused-ring (bicyclic) bond motifs is 2. The second-order valence-electron chi connectivity index (χ2n) is 29.0. The van der Waals surface area contributed by atoms with E-state index in [-0.39, 0.29) is 121 Å². The summed E-state index contributed by atoms with van der Waals surface area (Å²) in [7, 11) is 0. The number of para-hydroxylation sites is 2. The van der Waals surface area contributed by atoms with E-state index < -0.39 is 0 Å². The van der Waals surface area contributed by atoms with Gasteiger partial charge in [0.15, 0.2) is 0 Å². The summed E-state index contributed by atoms with van der Waals surface area (Å²) in [6, 6.07) is 114. The molecule has 0 bridgehead atoms.